The summed E-state index contributed by atoms with van der Waals surface area (Å²) in [7, 11) is -5.22. The monoisotopic (exact) mass is 434 g/mol. The van der Waals surface area contributed by atoms with Crippen molar-refractivity contribution >= 4 is 41.3 Å². The van der Waals surface area contributed by atoms with Gasteiger partial charge in [0.1, 0.15) is 0 Å². The van der Waals surface area contributed by atoms with Crippen molar-refractivity contribution in [3.63, 3.8) is 0 Å². The molecular weight excluding hydrogens is 393 g/mol. The van der Waals surface area contributed by atoms with E-state index in [4.69, 9.17) is 9.47 Å². The van der Waals surface area contributed by atoms with Crippen LogP contribution in [-0.2, 0) is 19.1 Å². The Labute approximate surface area is 164 Å². The Hall–Kier alpha value is -0.192. The van der Waals surface area contributed by atoms with Crippen molar-refractivity contribution in [3.8, 4) is 0 Å². The number of hydrogen-bond donors (Lipinski definition) is 0. The highest BCUT2D eigenvalue weighted by Gasteiger charge is 2.68. The first kappa shape index (κ1) is 25.8. The highest BCUT2D eigenvalue weighted by molar-refractivity contribution is 7.90. The average Bonchev–Trinajstić information content (AvgIpc) is 2.39. The van der Waals surface area contributed by atoms with Gasteiger partial charge in [0, 0.05) is 22.8 Å². The molecule has 26 heavy (non-hydrogen) atoms. The lowest BCUT2D eigenvalue weighted by molar-refractivity contribution is -0.154. The van der Waals surface area contributed by atoms with Gasteiger partial charge in [0.2, 0.25) is 0 Å². The van der Waals surface area contributed by atoms with Gasteiger partial charge in [-0.15, -0.1) is 0 Å². The normalized spacial score (nSPS) is 16.0. The zero-order chi connectivity index (χ0) is 21.1. The summed E-state index contributed by atoms with van der Waals surface area (Å²) >= 11 is 0. The van der Waals surface area contributed by atoms with Crippen LogP contribution in [0.3, 0.4) is 0 Å². The molecule has 0 aromatic rings. The lowest BCUT2D eigenvalue weighted by Gasteiger charge is -2.61. The highest BCUT2D eigenvalue weighted by atomic mass is 29.9. The van der Waals surface area contributed by atoms with Gasteiger partial charge >= 0.3 is 11.9 Å². The summed E-state index contributed by atoms with van der Waals surface area (Å²) in [4.78, 5) is 26.1. The van der Waals surface area contributed by atoms with E-state index in [1.165, 1.54) is 0 Å². The lowest BCUT2D eigenvalue weighted by atomic mass is 10.1. The van der Waals surface area contributed by atoms with Crippen LogP contribution >= 0.6 is 0 Å². The molecule has 0 fully saturated rings. The standard InChI is InChI=1S/C18H42O4Si4/c1-13-21-17(19)15(3)16(18(20)22-14-2)26(23(4,5)6,24(7,8)9)25(10,11)12/h15-16H,13-14H2,1-12H3/t15-,16-/m0/s1. The number of carbonyl (C=O) groups is 2. The molecule has 0 unspecified atom stereocenters. The smallest absolute Gasteiger partial charge is 0.309 e. The second-order valence-corrected chi connectivity index (χ2v) is 51.2. The van der Waals surface area contributed by atoms with Crippen LogP contribution in [-0.4, -0.2) is 54.6 Å². The Morgan fingerprint density at radius 1 is 0.692 bits per heavy atom. The minimum atomic E-state index is -2.14. The van der Waals surface area contributed by atoms with Crippen LogP contribution in [0.1, 0.15) is 20.8 Å². The summed E-state index contributed by atoms with van der Waals surface area (Å²) < 4.78 is 11.0. The first-order valence-corrected chi connectivity index (χ1v) is 25.4. The third-order valence-electron chi connectivity index (χ3n) is 5.71. The molecule has 0 spiro atoms. The van der Waals surface area contributed by atoms with Crippen molar-refractivity contribution in [1.82, 2.24) is 0 Å². The van der Waals surface area contributed by atoms with E-state index in [0.717, 1.165) is 0 Å². The summed E-state index contributed by atoms with van der Waals surface area (Å²) in [6.45, 7) is 26.0. The quantitative estimate of drug-likeness (QED) is 0.386. The Kier molecular flexibility index (Phi) is 8.81. The largest absolute Gasteiger partial charge is 0.466 e. The van der Waals surface area contributed by atoms with E-state index < -0.39 is 35.3 Å². The number of ether oxygens (including phenoxy) is 2. The molecule has 8 heteroatoms. The second kappa shape index (κ2) is 8.87. The molecule has 0 bridgehead atoms. The van der Waals surface area contributed by atoms with Gasteiger partial charge in [0.15, 0.2) is 0 Å². The summed E-state index contributed by atoms with van der Waals surface area (Å²) in [6, 6.07) is 0. The molecule has 0 radical (unpaired) electrons. The maximum absolute atomic E-state index is 13.4. The maximum Gasteiger partial charge on any atom is 0.309 e. The van der Waals surface area contributed by atoms with Gasteiger partial charge in [-0.1, -0.05) is 65.8 Å². The van der Waals surface area contributed by atoms with E-state index in [-0.39, 0.29) is 17.5 Å². The molecule has 0 heterocycles. The van der Waals surface area contributed by atoms with Crippen molar-refractivity contribution in [3.05, 3.63) is 0 Å². The molecule has 154 valence electrons. The van der Waals surface area contributed by atoms with Gasteiger partial charge < -0.3 is 9.47 Å². The summed E-state index contributed by atoms with van der Waals surface area (Å²) in [5, 5.41) is 0. The molecular formula is C18H42O4Si4. The Bertz CT molecular complexity index is 465. The average molecular weight is 435 g/mol. The van der Waals surface area contributed by atoms with Crippen LogP contribution in [0.2, 0.25) is 64.5 Å². The lowest BCUT2D eigenvalue weighted by Crippen LogP contribution is -2.86. The third kappa shape index (κ3) is 4.80. The van der Waals surface area contributed by atoms with E-state index in [1.807, 2.05) is 20.8 Å². The molecule has 0 amide bonds. The van der Waals surface area contributed by atoms with Crippen LogP contribution in [0.15, 0.2) is 0 Å². The van der Waals surface area contributed by atoms with Crippen molar-refractivity contribution in [2.24, 2.45) is 5.92 Å². The van der Waals surface area contributed by atoms with Gasteiger partial charge in [-0.25, -0.2) is 0 Å². The molecule has 0 aromatic carbocycles. The fourth-order valence-electron chi connectivity index (χ4n) is 6.17. The highest BCUT2D eigenvalue weighted by Crippen LogP contribution is 2.48. The molecule has 0 aromatic heterocycles. The SMILES string of the molecule is CCOC(=O)[C@@H](C)[C@@H](C(=O)OCC)[Si]([Si](C)(C)C)([Si](C)(C)C)[Si](C)(C)C. The van der Waals surface area contributed by atoms with E-state index in [2.05, 4.69) is 58.9 Å². The van der Waals surface area contributed by atoms with E-state index >= 15 is 0 Å². The van der Waals surface area contributed by atoms with Gasteiger partial charge in [0.25, 0.3) is 0 Å². The van der Waals surface area contributed by atoms with E-state index in [1.54, 1.807) is 0 Å². The topological polar surface area (TPSA) is 52.6 Å². The molecule has 0 rings (SSSR count). The second-order valence-electron chi connectivity index (χ2n) is 10.3. The predicted octanol–water partition coefficient (Wildman–Crippen LogP) is 4.82. The van der Waals surface area contributed by atoms with Crippen LogP contribution in [0, 0.1) is 5.92 Å². The summed E-state index contributed by atoms with van der Waals surface area (Å²) in [6.07, 6.45) is 0. The minimum absolute atomic E-state index is 0.146. The summed E-state index contributed by atoms with van der Waals surface area (Å²) in [5.41, 5.74) is -0.286. The first-order chi connectivity index (χ1) is 11.5. The molecule has 4 nitrogen and oxygen atoms in total. The van der Waals surface area contributed by atoms with Crippen LogP contribution in [0.4, 0.5) is 0 Å². The van der Waals surface area contributed by atoms with Gasteiger partial charge in [0.05, 0.1) is 31.3 Å². The number of hydrogen-bond acceptors (Lipinski definition) is 4. The number of rotatable bonds is 9. The van der Waals surface area contributed by atoms with E-state index in [9.17, 15) is 9.59 Å². The van der Waals surface area contributed by atoms with Crippen molar-refractivity contribution in [2.75, 3.05) is 13.2 Å². The predicted molar refractivity (Wildman–Crippen MR) is 122 cm³/mol. The molecule has 2 atom stereocenters. The molecule has 0 aliphatic rings. The molecule has 0 aliphatic heterocycles. The van der Waals surface area contributed by atoms with Crippen molar-refractivity contribution in [2.45, 2.75) is 85.2 Å². The number of esters is 2. The Morgan fingerprint density at radius 2 is 1.00 bits per heavy atom. The van der Waals surface area contributed by atoms with Gasteiger partial charge in [-0.05, 0) is 13.8 Å². The van der Waals surface area contributed by atoms with Crippen LogP contribution in [0.5, 0.6) is 0 Å². The molecule has 0 saturated carbocycles. The minimum Gasteiger partial charge on any atom is -0.466 e. The third-order valence-corrected chi connectivity index (χ3v) is 79.1. The zero-order valence-corrected chi connectivity index (χ0v) is 23.2. The van der Waals surface area contributed by atoms with Gasteiger partial charge in [-0.3, -0.25) is 9.59 Å². The zero-order valence-electron chi connectivity index (χ0n) is 19.2. The van der Waals surface area contributed by atoms with Crippen LogP contribution < -0.4 is 0 Å². The molecule has 0 saturated heterocycles. The Balaban J connectivity index is 6.91. The Morgan fingerprint density at radius 3 is 1.27 bits per heavy atom. The number of carbonyl (C=O) groups excluding carboxylic acids is 2. The maximum atomic E-state index is 13.4. The molecule has 0 N–H and O–H groups in total. The van der Waals surface area contributed by atoms with Crippen molar-refractivity contribution < 1.29 is 19.1 Å². The fraction of sp³-hybridized carbons (Fsp3) is 0.889. The first-order valence-electron chi connectivity index (χ1n) is 9.83. The fourth-order valence-corrected chi connectivity index (χ4v) is 110. The molecule has 0 aliphatic carbocycles. The van der Waals surface area contributed by atoms with Gasteiger partial charge in [-0.2, -0.15) is 0 Å². The van der Waals surface area contributed by atoms with Crippen molar-refractivity contribution in [1.29, 1.82) is 0 Å². The summed E-state index contributed by atoms with van der Waals surface area (Å²) in [5.74, 6) is -0.810. The van der Waals surface area contributed by atoms with Crippen LogP contribution in [0.25, 0.3) is 0 Å². The van der Waals surface area contributed by atoms with E-state index in [0.29, 0.717) is 13.2 Å².